The molecule has 1 aliphatic heterocycles. The molecule has 0 aliphatic carbocycles. The maximum atomic E-state index is 13.4. The summed E-state index contributed by atoms with van der Waals surface area (Å²) < 4.78 is 18.7. The summed E-state index contributed by atoms with van der Waals surface area (Å²) in [5.41, 5.74) is 2.05. The Balaban J connectivity index is 1.75. The van der Waals surface area contributed by atoms with Crippen molar-refractivity contribution in [2.24, 2.45) is 0 Å². The van der Waals surface area contributed by atoms with Crippen LogP contribution in [0.4, 0.5) is 10.1 Å². The number of aliphatic hydroxyl groups excluding tert-OH is 1. The molecule has 0 fully saturated rings. The molecule has 0 bridgehead atoms. The van der Waals surface area contributed by atoms with Crippen LogP contribution in [0.25, 0.3) is 0 Å². The van der Waals surface area contributed by atoms with Crippen molar-refractivity contribution < 1.29 is 19.0 Å². The molecule has 1 amide bonds. The zero-order chi connectivity index (χ0) is 17.1. The normalized spacial score (nSPS) is 16.6. The maximum Gasteiger partial charge on any atom is 0.227 e. The third-order valence-corrected chi connectivity index (χ3v) is 4.37. The summed E-state index contributed by atoms with van der Waals surface area (Å²) in [4.78, 5) is 14.3. The lowest BCUT2D eigenvalue weighted by atomic mass is 9.98. The van der Waals surface area contributed by atoms with E-state index in [1.54, 1.807) is 18.1 Å². The Hall–Kier alpha value is -2.40. The van der Waals surface area contributed by atoms with Gasteiger partial charge in [0.1, 0.15) is 11.6 Å². The van der Waals surface area contributed by atoms with Gasteiger partial charge >= 0.3 is 0 Å². The van der Waals surface area contributed by atoms with Crippen molar-refractivity contribution in [1.29, 1.82) is 0 Å². The van der Waals surface area contributed by atoms with Crippen LogP contribution in [0, 0.1) is 5.82 Å². The maximum absolute atomic E-state index is 13.4. The van der Waals surface area contributed by atoms with Crippen molar-refractivity contribution >= 4 is 11.6 Å². The number of fused-ring (bicyclic) bond motifs is 1. The van der Waals surface area contributed by atoms with Gasteiger partial charge in [-0.3, -0.25) is 4.79 Å². The number of carbonyl (C=O) groups excluding carboxylic acids is 1. The Morgan fingerprint density at radius 1 is 1.33 bits per heavy atom. The molecule has 1 unspecified atom stereocenters. The van der Waals surface area contributed by atoms with Gasteiger partial charge in [0.15, 0.2) is 0 Å². The van der Waals surface area contributed by atoms with Gasteiger partial charge < -0.3 is 14.7 Å². The van der Waals surface area contributed by atoms with Crippen molar-refractivity contribution in [3.8, 4) is 5.75 Å². The number of rotatable bonds is 4. The van der Waals surface area contributed by atoms with E-state index in [-0.39, 0.29) is 5.91 Å². The van der Waals surface area contributed by atoms with Gasteiger partial charge in [-0.05, 0) is 42.7 Å². The number of amides is 1. The fourth-order valence-corrected chi connectivity index (χ4v) is 3.11. The quantitative estimate of drug-likeness (QED) is 0.937. The number of nitrogens with zero attached hydrogens (tertiary/aromatic N) is 1. The van der Waals surface area contributed by atoms with Gasteiger partial charge in [0.2, 0.25) is 5.91 Å². The molecule has 126 valence electrons. The van der Waals surface area contributed by atoms with Gasteiger partial charge in [-0.15, -0.1) is 0 Å². The highest BCUT2D eigenvalue weighted by molar-refractivity contribution is 5.94. The van der Waals surface area contributed by atoms with E-state index in [4.69, 9.17) is 4.74 Å². The molecule has 1 atom stereocenters. The monoisotopic (exact) mass is 329 g/mol. The summed E-state index contributed by atoms with van der Waals surface area (Å²) in [6, 6.07) is 11.8. The van der Waals surface area contributed by atoms with Gasteiger partial charge in [-0.25, -0.2) is 4.39 Å². The second-order valence-electron chi connectivity index (χ2n) is 5.86. The number of carbonyl (C=O) groups is 1. The Kier molecular flexibility index (Phi) is 4.81. The molecule has 2 aromatic rings. The smallest absolute Gasteiger partial charge is 0.227 e. The topological polar surface area (TPSA) is 49.8 Å². The average Bonchev–Trinajstić information content (AvgIpc) is 2.60. The summed E-state index contributed by atoms with van der Waals surface area (Å²) in [7, 11) is 1.61. The number of ether oxygens (including phenoxy) is 1. The number of aryl methyl sites for hydroxylation is 1. The van der Waals surface area contributed by atoms with Crippen LogP contribution >= 0.6 is 0 Å². The van der Waals surface area contributed by atoms with E-state index in [2.05, 4.69) is 0 Å². The first-order chi connectivity index (χ1) is 11.6. The van der Waals surface area contributed by atoms with Crippen molar-refractivity contribution in [2.45, 2.75) is 25.4 Å². The Morgan fingerprint density at radius 2 is 2.12 bits per heavy atom. The third kappa shape index (κ3) is 3.26. The minimum Gasteiger partial charge on any atom is -0.496 e. The van der Waals surface area contributed by atoms with Crippen LogP contribution in [0.1, 0.15) is 30.1 Å². The lowest BCUT2D eigenvalue weighted by molar-refractivity contribution is -0.118. The van der Waals surface area contributed by atoms with E-state index in [0.29, 0.717) is 37.1 Å². The number of hydrogen-bond donors (Lipinski definition) is 1. The molecule has 0 saturated carbocycles. The molecule has 1 aliphatic rings. The van der Waals surface area contributed by atoms with Gasteiger partial charge in [0.05, 0.1) is 13.2 Å². The summed E-state index contributed by atoms with van der Waals surface area (Å²) >= 11 is 0. The predicted octanol–water partition coefficient (Wildman–Crippen LogP) is 3.24. The first-order valence-corrected chi connectivity index (χ1v) is 8.00. The Bertz CT molecular complexity index is 747. The number of benzene rings is 2. The number of hydrogen-bond acceptors (Lipinski definition) is 3. The van der Waals surface area contributed by atoms with E-state index in [1.807, 2.05) is 24.3 Å². The van der Waals surface area contributed by atoms with Gasteiger partial charge in [0.25, 0.3) is 0 Å². The van der Waals surface area contributed by atoms with Crippen LogP contribution in [0.3, 0.4) is 0 Å². The second kappa shape index (κ2) is 7.01. The van der Waals surface area contributed by atoms with E-state index < -0.39 is 11.9 Å². The minimum absolute atomic E-state index is 0.0411. The Labute approximate surface area is 140 Å². The number of para-hydroxylation sites is 1. The Morgan fingerprint density at radius 3 is 2.92 bits per heavy atom. The van der Waals surface area contributed by atoms with Crippen LogP contribution in [-0.2, 0) is 11.2 Å². The highest BCUT2D eigenvalue weighted by Crippen LogP contribution is 2.34. The van der Waals surface area contributed by atoms with E-state index in [9.17, 15) is 14.3 Å². The zero-order valence-electron chi connectivity index (χ0n) is 13.5. The SMILES string of the molecule is COc1ccccc1CCC(=O)N1CCC(O)c2cc(F)ccc21. The summed E-state index contributed by atoms with van der Waals surface area (Å²) in [6.07, 6.45) is 0.580. The molecule has 0 radical (unpaired) electrons. The van der Waals surface area contributed by atoms with Crippen LogP contribution in [0.15, 0.2) is 42.5 Å². The molecule has 3 rings (SSSR count). The van der Waals surface area contributed by atoms with Crippen molar-refractivity contribution in [3.05, 3.63) is 59.4 Å². The third-order valence-electron chi connectivity index (χ3n) is 4.37. The second-order valence-corrected chi connectivity index (χ2v) is 5.86. The standard InChI is InChI=1S/C19H20FNO3/c1-24-18-5-3-2-4-13(18)6-9-19(23)21-11-10-17(22)15-12-14(20)7-8-16(15)21/h2-5,7-8,12,17,22H,6,9-11H2,1H3. The van der Waals surface area contributed by atoms with Crippen LogP contribution in [0.2, 0.25) is 0 Å². The molecule has 1 N–H and O–H groups in total. The average molecular weight is 329 g/mol. The molecule has 1 heterocycles. The highest BCUT2D eigenvalue weighted by Gasteiger charge is 2.27. The summed E-state index contributed by atoms with van der Waals surface area (Å²) in [5, 5.41) is 10.0. The van der Waals surface area contributed by atoms with Gasteiger partial charge in [-0.2, -0.15) is 0 Å². The molecule has 5 heteroatoms. The van der Waals surface area contributed by atoms with Crippen molar-refractivity contribution in [2.75, 3.05) is 18.6 Å². The van der Waals surface area contributed by atoms with Crippen molar-refractivity contribution in [1.82, 2.24) is 0 Å². The fraction of sp³-hybridized carbons (Fsp3) is 0.316. The van der Waals surface area contributed by atoms with Crippen molar-refractivity contribution in [3.63, 3.8) is 0 Å². The lowest BCUT2D eigenvalue weighted by Gasteiger charge is -2.32. The van der Waals surface area contributed by atoms with Gasteiger partial charge in [0, 0.05) is 24.2 Å². The molecular formula is C19H20FNO3. The largest absolute Gasteiger partial charge is 0.496 e. The molecule has 2 aromatic carbocycles. The van der Waals surface area contributed by atoms with Crippen LogP contribution in [-0.4, -0.2) is 24.7 Å². The zero-order valence-corrected chi connectivity index (χ0v) is 13.5. The number of methoxy groups -OCH3 is 1. The molecule has 24 heavy (non-hydrogen) atoms. The summed E-state index contributed by atoms with van der Waals surface area (Å²) in [6.45, 7) is 0.435. The molecule has 0 spiro atoms. The molecular weight excluding hydrogens is 309 g/mol. The number of aliphatic hydroxyl groups is 1. The van der Waals surface area contributed by atoms with E-state index in [0.717, 1.165) is 11.3 Å². The molecule has 0 aromatic heterocycles. The fourth-order valence-electron chi connectivity index (χ4n) is 3.11. The number of anilines is 1. The van der Waals surface area contributed by atoms with Gasteiger partial charge in [-0.1, -0.05) is 18.2 Å². The highest BCUT2D eigenvalue weighted by atomic mass is 19.1. The van der Waals surface area contributed by atoms with E-state index in [1.165, 1.54) is 12.1 Å². The first-order valence-electron chi connectivity index (χ1n) is 8.00. The predicted molar refractivity (Wildman–Crippen MR) is 89.6 cm³/mol. The van der Waals surface area contributed by atoms with E-state index >= 15 is 0 Å². The molecule has 4 nitrogen and oxygen atoms in total. The summed E-state index contributed by atoms with van der Waals surface area (Å²) in [5.74, 6) is 0.318. The number of halogens is 1. The molecule has 0 saturated heterocycles. The van der Waals surface area contributed by atoms with Crippen LogP contribution in [0.5, 0.6) is 5.75 Å². The first kappa shape index (κ1) is 16.5. The lowest BCUT2D eigenvalue weighted by Crippen LogP contribution is -2.36. The minimum atomic E-state index is -0.728. The van der Waals surface area contributed by atoms with Crippen LogP contribution < -0.4 is 9.64 Å².